The summed E-state index contributed by atoms with van der Waals surface area (Å²) in [6.07, 6.45) is -3.63. The van der Waals surface area contributed by atoms with E-state index in [4.69, 9.17) is 0 Å². The third-order valence-electron chi connectivity index (χ3n) is 4.69. The first-order valence-electron chi connectivity index (χ1n) is 8.23. The van der Waals surface area contributed by atoms with Gasteiger partial charge in [-0.3, -0.25) is 4.79 Å². The first-order chi connectivity index (χ1) is 11.8. The van der Waals surface area contributed by atoms with Crippen LogP contribution in [0.15, 0.2) is 48.5 Å². The van der Waals surface area contributed by atoms with E-state index < -0.39 is 11.7 Å². The van der Waals surface area contributed by atoms with Crippen LogP contribution < -0.4 is 0 Å². The second-order valence-electron chi connectivity index (χ2n) is 6.75. The van der Waals surface area contributed by atoms with Gasteiger partial charge in [-0.1, -0.05) is 42.0 Å². The Kier molecular flexibility index (Phi) is 4.58. The molecule has 1 aliphatic rings. The standard InChI is InChI=1S/C20H20F3NO/c1-13-3-5-14(6-4-13)12-24(2)19(25)18-11-17(18)15-7-9-16(10-8-15)20(21,22)23/h3-10,17-18H,11-12H2,1-2H3. The smallest absolute Gasteiger partial charge is 0.341 e. The highest BCUT2D eigenvalue weighted by atomic mass is 19.4. The predicted octanol–water partition coefficient (Wildman–Crippen LogP) is 4.78. The van der Waals surface area contributed by atoms with Crippen molar-refractivity contribution in [2.24, 2.45) is 5.92 Å². The summed E-state index contributed by atoms with van der Waals surface area (Å²) < 4.78 is 37.9. The SMILES string of the molecule is Cc1ccc(CN(C)C(=O)C2CC2c2ccc(C(F)(F)F)cc2)cc1. The van der Waals surface area contributed by atoms with Gasteiger partial charge in [-0.15, -0.1) is 0 Å². The summed E-state index contributed by atoms with van der Waals surface area (Å²) in [7, 11) is 1.77. The molecule has 2 unspecified atom stereocenters. The minimum Gasteiger partial charge on any atom is -0.341 e. The maximum absolute atomic E-state index is 12.6. The van der Waals surface area contributed by atoms with Crippen molar-refractivity contribution in [2.45, 2.75) is 32.0 Å². The second-order valence-corrected chi connectivity index (χ2v) is 6.75. The highest BCUT2D eigenvalue weighted by molar-refractivity contribution is 5.82. The van der Waals surface area contributed by atoms with Gasteiger partial charge in [-0.25, -0.2) is 0 Å². The van der Waals surface area contributed by atoms with Crippen LogP contribution >= 0.6 is 0 Å². The van der Waals surface area contributed by atoms with E-state index in [2.05, 4.69) is 0 Å². The number of hydrogen-bond acceptors (Lipinski definition) is 1. The van der Waals surface area contributed by atoms with Crippen molar-refractivity contribution >= 4 is 5.91 Å². The lowest BCUT2D eigenvalue weighted by atomic mass is 10.1. The first kappa shape index (κ1) is 17.5. The van der Waals surface area contributed by atoms with Crippen molar-refractivity contribution in [3.05, 3.63) is 70.8 Å². The quantitative estimate of drug-likeness (QED) is 0.780. The van der Waals surface area contributed by atoms with Crippen LogP contribution in [0.25, 0.3) is 0 Å². The number of rotatable bonds is 4. The average Bonchev–Trinajstić information content (AvgIpc) is 3.36. The van der Waals surface area contributed by atoms with Crippen molar-refractivity contribution < 1.29 is 18.0 Å². The Bertz CT molecular complexity index is 750. The molecule has 1 saturated carbocycles. The summed E-state index contributed by atoms with van der Waals surface area (Å²) in [4.78, 5) is 14.2. The number of benzene rings is 2. The third-order valence-corrected chi connectivity index (χ3v) is 4.69. The summed E-state index contributed by atoms with van der Waals surface area (Å²) in [5.74, 6) is -0.0621. The molecule has 2 nitrogen and oxygen atoms in total. The van der Waals surface area contributed by atoms with E-state index in [0.717, 1.165) is 23.3 Å². The molecule has 0 saturated heterocycles. The lowest BCUT2D eigenvalue weighted by Crippen LogP contribution is -2.28. The molecule has 2 aromatic rings. The molecular weight excluding hydrogens is 327 g/mol. The van der Waals surface area contributed by atoms with Crippen LogP contribution in [0.2, 0.25) is 0 Å². The minimum absolute atomic E-state index is 0.0234. The van der Waals surface area contributed by atoms with E-state index >= 15 is 0 Å². The lowest BCUT2D eigenvalue weighted by Gasteiger charge is -2.17. The van der Waals surface area contributed by atoms with Gasteiger partial charge in [0.05, 0.1) is 5.56 Å². The molecule has 0 aromatic heterocycles. The van der Waals surface area contributed by atoms with Gasteiger partial charge in [0.2, 0.25) is 5.91 Å². The van der Waals surface area contributed by atoms with Crippen molar-refractivity contribution in [1.82, 2.24) is 4.90 Å². The van der Waals surface area contributed by atoms with E-state index in [9.17, 15) is 18.0 Å². The van der Waals surface area contributed by atoms with Gasteiger partial charge in [-0.05, 0) is 42.5 Å². The molecule has 0 radical (unpaired) electrons. The molecule has 0 aliphatic heterocycles. The normalized spacial score (nSPS) is 19.6. The number of nitrogens with zero attached hydrogens (tertiary/aromatic N) is 1. The molecule has 25 heavy (non-hydrogen) atoms. The number of carbonyl (C=O) groups excluding carboxylic acids is 1. The Labute approximate surface area is 145 Å². The molecule has 2 aromatic carbocycles. The maximum atomic E-state index is 12.6. The van der Waals surface area contributed by atoms with Crippen LogP contribution in [-0.4, -0.2) is 17.9 Å². The molecule has 2 atom stereocenters. The van der Waals surface area contributed by atoms with Crippen molar-refractivity contribution in [1.29, 1.82) is 0 Å². The van der Waals surface area contributed by atoms with Crippen LogP contribution in [0, 0.1) is 12.8 Å². The zero-order valence-electron chi connectivity index (χ0n) is 14.2. The zero-order valence-corrected chi connectivity index (χ0v) is 14.2. The number of amides is 1. The highest BCUT2D eigenvalue weighted by Gasteiger charge is 2.45. The Morgan fingerprint density at radius 3 is 2.24 bits per heavy atom. The van der Waals surface area contributed by atoms with Gasteiger partial charge < -0.3 is 4.90 Å². The zero-order chi connectivity index (χ0) is 18.2. The second kappa shape index (κ2) is 6.54. The van der Waals surface area contributed by atoms with Gasteiger partial charge in [0.15, 0.2) is 0 Å². The average molecular weight is 347 g/mol. The molecule has 132 valence electrons. The fourth-order valence-corrected chi connectivity index (χ4v) is 3.08. The Balaban J connectivity index is 1.60. The molecule has 0 spiro atoms. The molecule has 0 bridgehead atoms. The molecule has 0 heterocycles. The van der Waals surface area contributed by atoms with Crippen molar-refractivity contribution in [2.75, 3.05) is 7.05 Å². The summed E-state index contributed by atoms with van der Waals surface area (Å²) >= 11 is 0. The van der Waals surface area contributed by atoms with E-state index in [-0.39, 0.29) is 17.7 Å². The molecule has 3 rings (SSSR count). The fraction of sp³-hybridized carbons (Fsp3) is 0.350. The van der Waals surface area contributed by atoms with E-state index in [1.54, 1.807) is 11.9 Å². The topological polar surface area (TPSA) is 20.3 Å². The van der Waals surface area contributed by atoms with Crippen LogP contribution in [0.1, 0.15) is 34.6 Å². The number of hydrogen-bond donors (Lipinski definition) is 0. The van der Waals surface area contributed by atoms with Gasteiger partial charge in [0, 0.05) is 19.5 Å². The summed E-state index contributed by atoms with van der Waals surface area (Å²) in [5.41, 5.74) is 2.38. The molecule has 1 amide bonds. The molecule has 1 fully saturated rings. The van der Waals surface area contributed by atoms with Crippen molar-refractivity contribution in [3.63, 3.8) is 0 Å². The Hall–Kier alpha value is -2.30. The summed E-state index contributed by atoms with van der Waals surface area (Å²) in [5, 5.41) is 0. The van der Waals surface area contributed by atoms with E-state index in [1.165, 1.54) is 17.7 Å². The van der Waals surface area contributed by atoms with E-state index in [0.29, 0.717) is 13.0 Å². The lowest BCUT2D eigenvalue weighted by molar-refractivity contribution is -0.137. The fourth-order valence-electron chi connectivity index (χ4n) is 3.08. The van der Waals surface area contributed by atoms with Crippen molar-refractivity contribution in [3.8, 4) is 0 Å². The number of carbonyl (C=O) groups is 1. The summed E-state index contributed by atoms with van der Waals surface area (Å²) in [6, 6.07) is 13.2. The van der Waals surface area contributed by atoms with Crippen LogP contribution in [-0.2, 0) is 17.5 Å². The van der Waals surface area contributed by atoms with Crippen LogP contribution in [0.5, 0.6) is 0 Å². The minimum atomic E-state index is -4.33. The summed E-state index contributed by atoms with van der Waals surface area (Å²) in [6.45, 7) is 2.55. The molecule has 5 heteroatoms. The Morgan fingerprint density at radius 2 is 1.68 bits per heavy atom. The molecule has 1 aliphatic carbocycles. The van der Waals surface area contributed by atoms with Gasteiger partial charge in [0.25, 0.3) is 0 Å². The van der Waals surface area contributed by atoms with Gasteiger partial charge >= 0.3 is 6.18 Å². The van der Waals surface area contributed by atoms with Gasteiger partial charge in [0.1, 0.15) is 0 Å². The molecule has 0 N–H and O–H groups in total. The molecular formula is C20H20F3NO. The third kappa shape index (κ3) is 4.03. The number of aryl methyl sites for hydroxylation is 1. The van der Waals surface area contributed by atoms with Crippen LogP contribution in [0.4, 0.5) is 13.2 Å². The van der Waals surface area contributed by atoms with Gasteiger partial charge in [-0.2, -0.15) is 13.2 Å². The highest BCUT2D eigenvalue weighted by Crippen LogP contribution is 2.48. The van der Waals surface area contributed by atoms with E-state index in [1.807, 2.05) is 31.2 Å². The first-order valence-corrected chi connectivity index (χ1v) is 8.23. The number of alkyl halides is 3. The largest absolute Gasteiger partial charge is 0.416 e. The number of halogens is 3. The van der Waals surface area contributed by atoms with Crippen LogP contribution in [0.3, 0.4) is 0 Å². The Morgan fingerprint density at radius 1 is 1.08 bits per heavy atom. The monoisotopic (exact) mass is 347 g/mol. The predicted molar refractivity (Wildman–Crippen MR) is 89.9 cm³/mol. The maximum Gasteiger partial charge on any atom is 0.416 e.